The number of anilines is 1. The van der Waals surface area contributed by atoms with Crippen molar-refractivity contribution >= 4 is 28.3 Å². The highest BCUT2D eigenvalue weighted by Gasteiger charge is 2.08. The Morgan fingerprint density at radius 1 is 1.22 bits per heavy atom. The monoisotopic (exact) mass is 257 g/mol. The van der Waals surface area contributed by atoms with E-state index in [0.717, 1.165) is 28.0 Å². The fraction of sp³-hybridized carbons (Fsp3) is 0.0714. The SMILES string of the molecule is Cc1cccc2[nH]c(-c3cc(N)cc(Cl)c3)nc12. The number of nitrogens with zero attached hydrogens (tertiary/aromatic N) is 1. The first-order valence-corrected chi connectivity index (χ1v) is 6.03. The highest BCUT2D eigenvalue weighted by atomic mass is 35.5. The lowest BCUT2D eigenvalue weighted by molar-refractivity contribution is 1.33. The molecule has 0 amide bonds. The van der Waals surface area contributed by atoms with Crippen molar-refractivity contribution in [1.29, 1.82) is 0 Å². The van der Waals surface area contributed by atoms with E-state index in [4.69, 9.17) is 17.3 Å². The highest BCUT2D eigenvalue weighted by molar-refractivity contribution is 6.31. The third kappa shape index (κ3) is 1.83. The molecular weight excluding hydrogens is 246 g/mol. The maximum atomic E-state index is 6.01. The Bertz CT molecular complexity index is 711. The largest absolute Gasteiger partial charge is 0.399 e. The van der Waals surface area contributed by atoms with Gasteiger partial charge in [0.05, 0.1) is 11.0 Å². The van der Waals surface area contributed by atoms with Crippen LogP contribution in [0.3, 0.4) is 0 Å². The van der Waals surface area contributed by atoms with Gasteiger partial charge in [-0.2, -0.15) is 0 Å². The second-order valence-electron chi connectivity index (χ2n) is 4.33. The minimum Gasteiger partial charge on any atom is -0.399 e. The van der Waals surface area contributed by atoms with Gasteiger partial charge in [0.25, 0.3) is 0 Å². The minimum atomic E-state index is 0.613. The van der Waals surface area contributed by atoms with Crippen molar-refractivity contribution in [2.24, 2.45) is 0 Å². The van der Waals surface area contributed by atoms with Crippen LogP contribution in [0, 0.1) is 6.92 Å². The van der Waals surface area contributed by atoms with Gasteiger partial charge in [-0.1, -0.05) is 23.7 Å². The summed E-state index contributed by atoms with van der Waals surface area (Å²) >= 11 is 6.01. The van der Waals surface area contributed by atoms with Crippen molar-refractivity contribution < 1.29 is 0 Å². The molecule has 3 N–H and O–H groups in total. The zero-order valence-electron chi connectivity index (χ0n) is 9.87. The Morgan fingerprint density at radius 2 is 2.06 bits per heavy atom. The summed E-state index contributed by atoms with van der Waals surface area (Å²) in [7, 11) is 0. The van der Waals surface area contributed by atoms with Crippen LogP contribution in [0.2, 0.25) is 5.02 Å². The maximum Gasteiger partial charge on any atom is 0.138 e. The number of aryl methyl sites for hydroxylation is 1. The van der Waals surface area contributed by atoms with E-state index in [2.05, 4.69) is 9.97 Å². The second kappa shape index (κ2) is 4.03. The molecule has 1 heterocycles. The summed E-state index contributed by atoms with van der Waals surface area (Å²) < 4.78 is 0. The molecule has 0 saturated carbocycles. The van der Waals surface area contributed by atoms with Gasteiger partial charge in [0, 0.05) is 16.3 Å². The number of hydrogen-bond acceptors (Lipinski definition) is 2. The second-order valence-corrected chi connectivity index (χ2v) is 4.77. The third-order valence-corrected chi connectivity index (χ3v) is 3.13. The average Bonchev–Trinajstić information content (AvgIpc) is 2.73. The number of halogens is 1. The molecule has 3 rings (SSSR count). The highest BCUT2D eigenvalue weighted by Crippen LogP contribution is 2.26. The van der Waals surface area contributed by atoms with Gasteiger partial charge < -0.3 is 10.7 Å². The topological polar surface area (TPSA) is 54.7 Å². The normalized spacial score (nSPS) is 11.0. The lowest BCUT2D eigenvalue weighted by Gasteiger charge is -2.00. The van der Waals surface area contributed by atoms with E-state index in [1.165, 1.54) is 0 Å². The Kier molecular flexibility index (Phi) is 2.49. The summed E-state index contributed by atoms with van der Waals surface area (Å²) in [4.78, 5) is 7.88. The molecule has 4 heteroatoms. The molecular formula is C14H12ClN3. The van der Waals surface area contributed by atoms with Gasteiger partial charge in [0.1, 0.15) is 5.82 Å². The predicted molar refractivity (Wildman–Crippen MR) is 75.7 cm³/mol. The van der Waals surface area contributed by atoms with E-state index in [1.54, 1.807) is 6.07 Å². The Hall–Kier alpha value is -2.00. The zero-order valence-corrected chi connectivity index (χ0v) is 10.6. The molecule has 0 fully saturated rings. The molecule has 0 unspecified atom stereocenters. The van der Waals surface area contributed by atoms with Crippen LogP contribution in [0.4, 0.5) is 5.69 Å². The molecule has 0 saturated heterocycles. The number of para-hydroxylation sites is 1. The number of aromatic nitrogens is 2. The van der Waals surface area contributed by atoms with Gasteiger partial charge in [-0.25, -0.2) is 4.98 Å². The first-order chi connectivity index (χ1) is 8.63. The van der Waals surface area contributed by atoms with Crippen LogP contribution in [-0.4, -0.2) is 9.97 Å². The van der Waals surface area contributed by atoms with Gasteiger partial charge in [-0.3, -0.25) is 0 Å². The molecule has 0 radical (unpaired) electrons. The quantitative estimate of drug-likeness (QED) is 0.652. The van der Waals surface area contributed by atoms with E-state index in [-0.39, 0.29) is 0 Å². The van der Waals surface area contributed by atoms with Crippen LogP contribution in [0.1, 0.15) is 5.56 Å². The molecule has 18 heavy (non-hydrogen) atoms. The van der Waals surface area contributed by atoms with Crippen LogP contribution in [0.25, 0.3) is 22.4 Å². The molecule has 3 nitrogen and oxygen atoms in total. The van der Waals surface area contributed by atoms with E-state index in [1.807, 2.05) is 37.3 Å². The van der Waals surface area contributed by atoms with E-state index in [9.17, 15) is 0 Å². The molecule has 90 valence electrons. The number of aromatic amines is 1. The molecule has 1 aromatic heterocycles. The van der Waals surface area contributed by atoms with Crippen LogP contribution >= 0.6 is 11.6 Å². The van der Waals surface area contributed by atoms with E-state index < -0.39 is 0 Å². The van der Waals surface area contributed by atoms with Crippen molar-refractivity contribution in [3.63, 3.8) is 0 Å². The number of hydrogen-bond donors (Lipinski definition) is 2. The Labute approximate surface area is 110 Å². The van der Waals surface area contributed by atoms with Crippen LogP contribution in [0.5, 0.6) is 0 Å². The van der Waals surface area contributed by atoms with Gasteiger partial charge in [-0.05, 0) is 36.8 Å². The average molecular weight is 258 g/mol. The number of nitrogens with two attached hydrogens (primary N) is 1. The number of nitrogen functional groups attached to an aromatic ring is 1. The van der Waals surface area contributed by atoms with Crippen molar-refractivity contribution in [2.45, 2.75) is 6.92 Å². The van der Waals surface area contributed by atoms with Crippen LogP contribution in [-0.2, 0) is 0 Å². The fourth-order valence-corrected chi connectivity index (χ4v) is 2.30. The Balaban J connectivity index is 2.22. The molecule has 0 aliphatic rings. The lowest BCUT2D eigenvalue weighted by Crippen LogP contribution is -1.87. The summed E-state index contributed by atoms with van der Waals surface area (Å²) in [6.07, 6.45) is 0. The molecule has 0 aliphatic carbocycles. The summed E-state index contributed by atoms with van der Waals surface area (Å²) in [5.74, 6) is 0.786. The Morgan fingerprint density at radius 3 is 2.78 bits per heavy atom. The van der Waals surface area contributed by atoms with Crippen molar-refractivity contribution in [3.05, 3.63) is 47.0 Å². The number of fused-ring (bicyclic) bond motifs is 1. The van der Waals surface area contributed by atoms with Crippen molar-refractivity contribution in [2.75, 3.05) is 5.73 Å². The number of nitrogens with one attached hydrogen (secondary N) is 1. The summed E-state index contributed by atoms with van der Waals surface area (Å²) in [5, 5.41) is 0.613. The summed E-state index contributed by atoms with van der Waals surface area (Å²) in [6, 6.07) is 11.5. The van der Waals surface area contributed by atoms with Gasteiger partial charge in [0.2, 0.25) is 0 Å². The first-order valence-electron chi connectivity index (χ1n) is 5.65. The summed E-state index contributed by atoms with van der Waals surface area (Å²) in [6.45, 7) is 2.04. The van der Waals surface area contributed by atoms with Gasteiger partial charge in [0.15, 0.2) is 0 Å². The number of H-pyrrole nitrogens is 1. The summed E-state index contributed by atoms with van der Waals surface area (Å²) in [5.41, 5.74) is 10.5. The molecule has 0 spiro atoms. The van der Waals surface area contributed by atoms with Crippen LogP contribution in [0.15, 0.2) is 36.4 Å². The molecule has 0 atom stereocenters. The molecule has 0 aliphatic heterocycles. The number of rotatable bonds is 1. The first kappa shape index (κ1) is 11.1. The third-order valence-electron chi connectivity index (χ3n) is 2.91. The van der Waals surface area contributed by atoms with Crippen molar-refractivity contribution in [3.8, 4) is 11.4 Å². The smallest absolute Gasteiger partial charge is 0.138 e. The standard InChI is InChI=1S/C14H12ClN3/c1-8-3-2-4-12-13(8)18-14(17-12)9-5-10(15)7-11(16)6-9/h2-7H,16H2,1H3,(H,17,18). The maximum absolute atomic E-state index is 6.01. The molecule has 2 aromatic carbocycles. The van der Waals surface area contributed by atoms with Gasteiger partial charge in [-0.15, -0.1) is 0 Å². The van der Waals surface area contributed by atoms with Gasteiger partial charge >= 0.3 is 0 Å². The lowest BCUT2D eigenvalue weighted by atomic mass is 10.2. The fourth-order valence-electron chi connectivity index (χ4n) is 2.06. The van der Waals surface area contributed by atoms with Crippen molar-refractivity contribution in [1.82, 2.24) is 9.97 Å². The molecule has 3 aromatic rings. The molecule has 0 bridgehead atoms. The predicted octanol–water partition coefficient (Wildman–Crippen LogP) is 3.77. The zero-order chi connectivity index (χ0) is 12.7. The van der Waals surface area contributed by atoms with Crippen LogP contribution < -0.4 is 5.73 Å². The van der Waals surface area contributed by atoms with E-state index in [0.29, 0.717) is 10.7 Å². The minimum absolute atomic E-state index is 0.613. The number of imidazole rings is 1. The number of benzene rings is 2. The van der Waals surface area contributed by atoms with E-state index >= 15 is 0 Å².